The molecular weight excluding hydrogens is 798 g/mol. The van der Waals surface area contributed by atoms with Crippen LogP contribution in [0.5, 0.6) is 0 Å². The molecule has 0 fully saturated rings. The van der Waals surface area contributed by atoms with Gasteiger partial charge in [-0.15, -0.1) is 0 Å². The SMILES string of the molecule is CCCCCc1ccc(N(c2ccc(C(C)(C)C)cc2)c2ccc(-c3cc(-c4c(C)cccc4C)cc4c3[B]c3cccc5c3N4c3ccccc3C5(C)C)c(Nc3ccccc3)c2)cc1. The lowest BCUT2D eigenvalue weighted by Crippen LogP contribution is -2.45. The Morgan fingerprint density at radius 3 is 1.97 bits per heavy atom. The van der Waals surface area contributed by atoms with Crippen molar-refractivity contribution >= 4 is 63.7 Å². The maximum atomic E-state index is 3.96. The first-order chi connectivity index (χ1) is 31.9. The van der Waals surface area contributed by atoms with Gasteiger partial charge in [-0.2, -0.15) is 0 Å². The Balaban J connectivity index is 1.21. The van der Waals surface area contributed by atoms with E-state index in [1.165, 1.54) is 97.3 Å². The second-order valence-corrected chi connectivity index (χ2v) is 20.1. The molecule has 4 heteroatoms. The van der Waals surface area contributed by atoms with Gasteiger partial charge in [0, 0.05) is 50.8 Å². The predicted molar refractivity (Wildman–Crippen MR) is 285 cm³/mol. The molecule has 2 aliphatic heterocycles. The summed E-state index contributed by atoms with van der Waals surface area (Å²) in [6.07, 6.45) is 4.79. The van der Waals surface area contributed by atoms with Crippen molar-refractivity contribution in [3.8, 4) is 22.3 Å². The average Bonchev–Trinajstić information content (AvgIpc) is 3.31. The summed E-state index contributed by atoms with van der Waals surface area (Å²) < 4.78 is 0. The van der Waals surface area contributed by atoms with Crippen LogP contribution in [-0.2, 0) is 17.3 Å². The Labute approximate surface area is 394 Å². The van der Waals surface area contributed by atoms with Gasteiger partial charge in [0.25, 0.3) is 0 Å². The molecule has 10 rings (SSSR count). The highest BCUT2D eigenvalue weighted by molar-refractivity contribution is 6.73. The van der Waals surface area contributed by atoms with Crippen LogP contribution in [0.15, 0.2) is 170 Å². The summed E-state index contributed by atoms with van der Waals surface area (Å²) in [6, 6.07) is 63.6. The zero-order valence-corrected chi connectivity index (χ0v) is 40.0. The van der Waals surface area contributed by atoms with Crippen LogP contribution in [-0.4, -0.2) is 7.28 Å². The van der Waals surface area contributed by atoms with Crippen molar-refractivity contribution in [2.45, 2.75) is 91.9 Å². The number of anilines is 8. The normalized spacial score (nSPS) is 13.3. The summed E-state index contributed by atoms with van der Waals surface area (Å²) in [6.45, 7) is 18.4. The lowest BCUT2D eigenvalue weighted by atomic mass is 9.55. The summed E-state index contributed by atoms with van der Waals surface area (Å²) in [5.74, 6) is 0. The Morgan fingerprint density at radius 1 is 0.606 bits per heavy atom. The monoisotopic (exact) mass is 858 g/mol. The van der Waals surface area contributed by atoms with Crippen LogP contribution >= 0.6 is 0 Å². The Kier molecular flexibility index (Phi) is 11.3. The van der Waals surface area contributed by atoms with Crippen molar-refractivity contribution in [1.82, 2.24) is 0 Å². The van der Waals surface area contributed by atoms with Crippen LogP contribution in [0.25, 0.3) is 22.3 Å². The van der Waals surface area contributed by atoms with Gasteiger partial charge in [-0.1, -0.05) is 163 Å². The summed E-state index contributed by atoms with van der Waals surface area (Å²) >= 11 is 0. The predicted octanol–water partition coefficient (Wildman–Crippen LogP) is 16.0. The van der Waals surface area contributed by atoms with E-state index in [1.54, 1.807) is 0 Å². The molecule has 3 nitrogen and oxygen atoms in total. The molecule has 327 valence electrons. The van der Waals surface area contributed by atoms with Gasteiger partial charge in [0.1, 0.15) is 0 Å². The van der Waals surface area contributed by atoms with E-state index in [2.05, 4.69) is 248 Å². The van der Waals surface area contributed by atoms with E-state index < -0.39 is 0 Å². The van der Waals surface area contributed by atoms with Gasteiger partial charge < -0.3 is 15.1 Å². The van der Waals surface area contributed by atoms with Gasteiger partial charge in [-0.25, -0.2) is 0 Å². The minimum atomic E-state index is -0.159. The smallest absolute Gasteiger partial charge is 0.197 e. The van der Waals surface area contributed by atoms with E-state index in [4.69, 9.17) is 0 Å². The second-order valence-electron chi connectivity index (χ2n) is 20.1. The van der Waals surface area contributed by atoms with Crippen LogP contribution in [0.2, 0.25) is 0 Å². The van der Waals surface area contributed by atoms with Crippen LogP contribution in [0, 0.1) is 13.8 Å². The molecule has 8 aromatic rings. The zero-order valence-electron chi connectivity index (χ0n) is 40.0. The Morgan fingerprint density at radius 2 is 1.26 bits per heavy atom. The van der Waals surface area contributed by atoms with E-state index in [-0.39, 0.29) is 10.8 Å². The molecule has 0 aliphatic carbocycles. The van der Waals surface area contributed by atoms with Crippen LogP contribution in [0.1, 0.15) is 94.2 Å². The molecular formula is C62H61BN3. The molecule has 1 radical (unpaired) electrons. The van der Waals surface area contributed by atoms with Crippen LogP contribution < -0.4 is 26.0 Å². The largest absolute Gasteiger partial charge is 0.355 e. The lowest BCUT2D eigenvalue weighted by molar-refractivity contribution is 0.590. The van der Waals surface area contributed by atoms with Crippen molar-refractivity contribution in [3.05, 3.63) is 203 Å². The molecule has 0 bridgehead atoms. The zero-order chi connectivity index (χ0) is 45.7. The first kappa shape index (κ1) is 43.1. The van der Waals surface area contributed by atoms with Crippen molar-refractivity contribution in [3.63, 3.8) is 0 Å². The first-order valence-corrected chi connectivity index (χ1v) is 24.0. The van der Waals surface area contributed by atoms with E-state index in [1.807, 2.05) is 0 Å². The third-order valence-corrected chi connectivity index (χ3v) is 14.1. The van der Waals surface area contributed by atoms with Crippen LogP contribution in [0.4, 0.5) is 45.5 Å². The fourth-order valence-electron chi connectivity index (χ4n) is 10.5. The number of rotatable bonds is 11. The number of nitrogens with zero attached hydrogens (tertiary/aromatic N) is 2. The van der Waals surface area contributed by atoms with Gasteiger partial charge >= 0.3 is 0 Å². The molecule has 0 saturated heterocycles. The topological polar surface area (TPSA) is 18.5 Å². The standard InChI is InChI=1S/C62H61BN3/c1-9-10-12-21-43-28-32-47(33-29-43)65(48-34-30-45(31-35-48)61(4,5)6)49-36-37-50(55(40-49)64-46-22-13-11-14-23-46)51-38-44(58-41(2)19-17-20-42(58)3)39-57-59(51)63-54-26-18-25-53-60(54)66(57)56-27-16-15-24-52(56)62(53,7)8/h11,13-20,22-40,64H,9-10,12,21H2,1-8H3. The van der Waals surface area contributed by atoms with Gasteiger partial charge in [-0.3, -0.25) is 0 Å². The number of hydrogen-bond donors (Lipinski definition) is 1. The molecule has 2 aliphatic rings. The minimum Gasteiger partial charge on any atom is -0.355 e. The second kappa shape index (κ2) is 17.2. The number of nitrogens with one attached hydrogen (secondary N) is 1. The number of aryl methyl sites for hydroxylation is 3. The molecule has 8 aromatic carbocycles. The number of para-hydroxylation sites is 3. The first-order valence-electron chi connectivity index (χ1n) is 24.0. The highest BCUT2D eigenvalue weighted by atomic mass is 15.2. The van der Waals surface area contributed by atoms with Gasteiger partial charge in [0.2, 0.25) is 0 Å². The molecule has 0 amide bonds. The number of benzene rings is 8. The lowest BCUT2D eigenvalue weighted by Gasteiger charge is -2.46. The van der Waals surface area contributed by atoms with Gasteiger partial charge in [-0.05, 0) is 154 Å². The molecule has 66 heavy (non-hydrogen) atoms. The Bertz CT molecular complexity index is 3050. The third kappa shape index (κ3) is 7.81. The fraction of sp³-hybridized carbons (Fsp3) is 0.226. The summed E-state index contributed by atoms with van der Waals surface area (Å²) in [5, 5.41) is 3.96. The molecule has 0 aromatic heterocycles. The van der Waals surface area contributed by atoms with E-state index >= 15 is 0 Å². The molecule has 2 heterocycles. The van der Waals surface area contributed by atoms with Crippen molar-refractivity contribution in [1.29, 1.82) is 0 Å². The van der Waals surface area contributed by atoms with E-state index in [9.17, 15) is 0 Å². The van der Waals surface area contributed by atoms with Crippen molar-refractivity contribution in [2.75, 3.05) is 15.1 Å². The minimum absolute atomic E-state index is 0.0496. The molecule has 0 spiro atoms. The number of unbranched alkanes of at least 4 members (excludes halogenated alkanes) is 2. The molecule has 0 unspecified atom stereocenters. The van der Waals surface area contributed by atoms with Gasteiger partial charge in [0.05, 0.1) is 5.69 Å². The van der Waals surface area contributed by atoms with Crippen molar-refractivity contribution in [2.24, 2.45) is 0 Å². The van der Waals surface area contributed by atoms with E-state index in [0.717, 1.165) is 40.4 Å². The van der Waals surface area contributed by atoms with Crippen LogP contribution in [0.3, 0.4) is 0 Å². The molecule has 0 atom stereocenters. The molecule has 1 N–H and O–H groups in total. The third-order valence-electron chi connectivity index (χ3n) is 14.1. The maximum absolute atomic E-state index is 3.96. The molecule has 0 saturated carbocycles. The highest BCUT2D eigenvalue weighted by Crippen LogP contribution is 2.53. The van der Waals surface area contributed by atoms with Gasteiger partial charge in [0.15, 0.2) is 7.28 Å². The summed E-state index contributed by atoms with van der Waals surface area (Å²) in [5.41, 5.74) is 24.2. The number of hydrogen-bond acceptors (Lipinski definition) is 3. The van der Waals surface area contributed by atoms with Crippen molar-refractivity contribution < 1.29 is 0 Å². The average molecular weight is 859 g/mol. The summed E-state index contributed by atoms with van der Waals surface area (Å²) in [4.78, 5) is 4.98. The quantitative estimate of drug-likeness (QED) is 0.103. The fourth-order valence-corrected chi connectivity index (χ4v) is 10.5. The summed E-state index contributed by atoms with van der Waals surface area (Å²) in [7, 11) is 2.45. The Hall–Kier alpha value is -6.78. The maximum Gasteiger partial charge on any atom is 0.197 e. The van der Waals surface area contributed by atoms with E-state index in [0.29, 0.717) is 0 Å². The number of fused-ring (bicyclic) bond motifs is 4. The highest BCUT2D eigenvalue weighted by Gasteiger charge is 2.41.